The summed E-state index contributed by atoms with van der Waals surface area (Å²) in [6, 6.07) is 3.38. The minimum absolute atomic E-state index is 0.311. The van der Waals surface area contributed by atoms with Gasteiger partial charge in [0.15, 0.2) is 11.5 Å². The summed E-state index contributed by atoms with van der Waals surface area (Å²) in [7, 11) is 0. The lowest BCUT2D eigenvalue weighted by atomic mass is 10.2. The van der Waals surface area contributed by atoms with E-state index >= 15 is 0 Å². The molecule has 5 nitrogen and oxygen atoms in total. The monoisotopic (exact) mass is 301 g/mol. The SMILES string of the molecule is CCOC(=O)c1cccn2c([C@@H](Cl)CCCl)nnc12. The molecule has 7 heteroatoms. The van der Waals surface area contributed by atoms with Gasteiger partial charge in [-0.25, -0.2) is 4.79 Å². The molecule has 0 bridgehead atoms. The van der Waals surface area contributed by atoms with Crippen molar-refractivity contribution < 1.29 is 9.53 Å². The Labute approximate surface area is 120 Å². The Kier molecular flexibility index (Phi) is 4.61. The molecule has 2 aromatic heterocycles. The van der Waals surface area contributed by atoms with Crippen LogP contribution in [0.15, 0.2) is 18.3 Å². The van der Waals surface area contributed by atoms with E-state index in [4.69, 9.17) is 27.9 Å². The summed E-state index contributed by atoms with van der Waals surface area (Å²) in [6.45, 7) is 2.06. The number of esters is 1. The molecular weight excluding hydrogens is 289 g/mol. The molecule has 0 fully saturated rings. The van der Waals surface area contributed by atoms with Crippen LogP contribution in [0.3, 0.4) is 0 Å². The summed E-state index contributed by atoms with van der Waals surface area (Å²) in [4.78, 5) is 11.8. The Morgan fingerprint density at radius 2 is 2.32 bits per heavy atom. The molecule has 0 saturated heterocycles. The molecule has 0 N–H and O–H groups in total. The maximum atomic E-state index is 11.8. The smallest absolute Gasteiger partial charge is 0.341 e. The molecule has 0 unspecified atom stereocenters. The average molecular weight is 302 g/mol. The van der Waals surface area contributed by atoms with Crippen molar-refractivity contribution in [3.05, 3.63) is 29.7 Å². The van der Waals surface area contributed by atoms with Gasteiger partial charge in [0.05, 0.1) is 12.0 Å². The van der Waals surface area contributed by atoms with E-state index in [1.54, 1.807) is 29.7 Å². The second kappa shape index (κ2) is 6.21. The second-order valence-corrected chi connectivity index (χ2v) is 4.74. The van der Waals surface area contributed by atoms with Gasteiger partial charge in [-0.1, -0.05) is 0 Å². The number of carbonyl (C=O) groups is 1. The predicted molar refractivity (Wildman–Crippen MR) is 72.9 cm³/mol. The van der Waals surface area contributed by atoms with Crippen molar-refractivity contribution in [2.24, 2.45) is 0 Å². The van der Waals surface area contributed by atoms with Crippen LogP contribution in [0.5, 0.6) is 0 Å². The van der Waals surface area contributed by atoms with Gasteiger partial charge in [0.1, 0.15) is 5.56 Å². The molecule has 0 aliphatic heterocycles. The first-order chi connectivity index (χ1) is 9.19. The first kappa shape index (κ1) is 14.1. The zero-order valence-electron chi connectivity index (χ0n) is 10.3. The summed E-state index contributed by atoms with van der Waals surface area (Å²) >= 11 is 11.9. The summed E-state index contributed by atoms with van der Waals surface area (Å²) in [5, 5.41) is 7.70. The summed E-state index contributed by atoms with van der Waals surface area (Å²) in [6.07, 6.45) is 2.34. The van der Waals surface area contributed by atoms with Gasteiger partial charge in [0.25, 0.3) is 0 Å². The van der Waals surface area contributed by atoms with E-state index in [0.717, 1.165) is 0 Å². The lowest BCUT2D eigenvalue weighted by molar-refractivity contribution is 0.0528. The fourth-order valence-electron chi connectivity index (χ4n) is 1.74. The van der Waals surface area contributed by atoms with Crippen LogP contribution in [0.2, 0.25) is 0 Å². The van der Waals surface area contributed by atoms with Gasteiger partial charge >= 0.3 is 5.97 Å². The molecule has 102 valence electrons. The fourth-order valence-corrected chi connectivity index (χ4v) is 2.33. The summed E-state index contributed by atoms with van der Waals surface area (Å²) < 4.78 is 6.67. The van der Waals surface area contributed by atoms with Crippen LogP contribution >= 0.6 is 23.2 Å². The number of ether oxygens (including phenoxy) is 1. The first-order valence-electron chi connectivity index (χ1n) is 5.89. The van der Waals surface area contributed by atoms with E-state index in [0.29, 0.717) is 35.9 Å². The number of alkyl halides is 2. The highest BCUT2D eigenvalue weighted by molar-refractivity contribution is 6.22. The van der Waals surface area contributed by atoms with E-state index < -0.39 is 5.97 Å². The third-order valence-electron chi connectivity index (χ3n) is 2.60. The number of aromatic nitrogens is 3. The lowest BCUT2D eigenvalue weighted by Gasteiger charge is -2.06. The lowest BCUT2D eigenvalue weighted by Crippen LogP contribution is -2.07. The van der Waals surface area contributed by atoms with Gasteiger partial charge in [-0.05, 0) is 25.5 Å². The minimum atomic E-state index is -0.421. The zero-order chi connectivity index (χ0) is 13.8. The number of halogens is 2. The van der Waals surface area contributed by atoms with Gasteiger partial charge in [-0.3, -0.25) is 4.40 Å². The first-order valence-corrected chi connectivity index (χ1v) is 6.87. The van der Waals surface area contributed by atoms with Crippen molar-refractivity contribution in [2.75, 3.05) is 12.5 Å². The zero-order valence-corrected chi connectivity index (χ0v) is 11.9. The molecule has 0 radical (unpaired) electrons. The fraction of sp³-hybridized carbons (Fsp3) is 0.417. The van der Waals surface area contributed by atoms with E-state index in [-0.39, 0.29) is 5.38 Å². The molecule has 0 saturated carbocycles. The van der Waals surface area contributed by atoms with Crippen molar-refractivity contribution in [1.82, 2.24) is 14.6 Å². The Bertz CT molecular complexity index is 585. The maximum Gasteiger partial charge on any atom is 0.341 e. The molecule has 2 rings (SSSR count). The molecule has 2 heterocycles. The Hall–Kier alpha value is -1.33. The number of rotatable bonds is 5. The second-order valence-electron chi connectivity index (χ2n) is 3.84. The van der Waals surface area contributed by atoms with Gasteiger partial charge < -0.3 is 4.74 Å². The Morgan fingerprint density at radius 3 is 3.00 bits per heavy atom. The van der Waals surface area contributed by atoms with Crippen molar-refractivity contribution in [3.8, 4) is 0 Å². The largest absolute Gasteiger partial charge is 0.462 e. The molecule has 0 aliphatic rings. The average Bonchev–Trinajstić information content (AvgIpc) is 2.82. The third-order valence-corrected chi connectivity index (χ3v) is 3.23. The van der Waals surface area contributed by atoms with Crippen molar-refractivity contribution >= 4 is 34.8 Å². The summed E-state index contributed by atoms with van der Waals surface area (Å²) in [5.74, 6) is 0.583. The highest BCUT2D eigenvalue weighted by Gasteiger charge is 2.19. The number of fused-ring (bicyclic) bond motifs is 1. The number of nitrogens with zero attached hydrogens (tertiary/aromatic N) is 3. The van der Waals surface area contributed by atoms with E-state index in [1.165, 1.54) is 0 Å². The molecule has 0 aromatic carbocycles. The van der Waals surface area contributed by atoms with Crippen molar-refractivity contribution in [1.29, 1.82) is 0 Å². The van der Waals surface area contributed by atoms with Crippen LogP contribution in [-0.2, 0) is 4.74 Å². The predicted octanol–water partition coefficient (Wildman–Crippen LogP) is 2.81. The highest BCUT2D eigenvalue weighted by Crippen LogP contribution is 2.24. The van der Waals surface area contributed by atoms with Crippen LogP contribution in [0.4, 0.5) is 0 Å². The van der Waals surface area contributed by atoms with Gasteiger partial charge in [-0.2, -0.15) is 0 Å². The van der Waals surface area contributed by atoms with Gasteiger partial charge in [0, 0.05) is 12.1 Å². The molecule has 19 heavy (non-hydrogen) atoms. The molecule has 0 spiro atoms. The Balaban J connectivity index is 2.45. The van der Waals surface area contributed by atoms with Crippen LogP contribution < -0.4 is 0 Å². The van der Waals surface area contributed by atoms with Crippen LogP contribution in [0.25, 0.3) is 5.65 Å². The number of pyridine rings is 1. The summed E-state index contributed by atoms with van der Waals surface area (Å²) in [5.41, 5.74) is 0.814. The molecule has 0 amide bonds. The number of hydrogen-bond acceptors (Lipinski definition) is 4. The van der Waals surface area contributed by atoms with E-state index in [9.17, 15) is 4.79 Å². The minimum Gasteiger partial charge on any atom is -0.462 e. The quantitative estimate of drug-likeness (QED) is 0.629. The van der Waals surface area contributed by atoms with Gasteiger partial charge in [-0.15, -0.1) is 33.4 Å². The van der Waals surface area contributed by atoms with Crippen LogP contribution in [0, 0.1) is 0 Å². The standard InChI is InChI=1S/C12H13Cl2N3O2/c1-2-19-12(18)8-4-3-7-17-10(8)15-16-11(17)9(14)5-6-13/h3-4,7,9H,2,5-6H2,1H3/t9-/m0/s1. The van der Waals surface area contributed by atoms with Crippen molar-refractivity contribution in [2.45, 2.75) is 18.7 Å². The highest BCUT2D eigenvalue weighted by atomic mass is 35.5. The topological polar surface area (TPSA) is 56.5 Å². The molecule has 1 atom stereocenters. The van der Waals surface area contributed by atoms with E-state index in [1.807, 2.05) is 0 Å². The molecular formula is C12H13Cl2N3O2. The number of carbonyl (C=O) groups excluding carboxylic acids is 1. The third kappa shape index (κ3) is 2.82. The molecule has 0 aliphatic carbocycles. The normalized spacial score (nSPS) is 12.6. The van der Waals surface area contributed by atoms with Crippen LogP contribution in [-0.4, -0.2) is 33.1 Å². The maximum absolute atomic E-state index is 11.8. The van der Waals surface area contributed by atoms with E-state index in [2.05, 4.69) is 10.2 Å². The molecule has 2 aromatic rings. The Morgan fingerprint density at radius 1 is 1.53 bits per heavy atom. The van der Waals surface area contributed by atoms with Crippen LogP contribution in [0.1, 0.15) is 34.9 Å². The van der Waals surface area contributed by atoms with Crippen molar-refractivity contribution in [3.63, 3.8) is 0 Å². The number of hydrogen-bond donors (Lipinski definition) is 0. The van der Waals surface area contributed by atoms with Gasteiger partial charge in [0.2, 0.25) is 0 Å².